The van der Waals surface area contributed by atoms with Crippen molar-refractivity contribution in [2.75, 3.05) is 14.6 Å². The number of rotatable bonds is 7. The fourth-order valence-electron chi connectivity index (χ4n) is 14.0. The lowest BCUT2D eigenvalue weighted by molar-refractivity contribution is 0.199. The molecular weight excluding hydrogens is 950 g/mol. The van der Waals surface area contributed by atoms with E-state index in [9.17, 15) is 0 Å². The summed E-state index contributed by atoms with van der Waals surface area (Å²) in [6, 6.07) is 78.3. The largest absolute Gasteiger partial charge is 0.400 e. The van der Waals surface area contributed by atoms with Crippen molar-refractivity contribution in [2.24, 2.45) is 0 Å². The van der Waals surface area contributed by atoms with Crippen LogP contribution < -0.4 is 25.5 Å². The summed E-state index contributed by atoms with van der Waals surface area (Å²) in [5.74, 6) is 0. The minimum atomic E-state index is -0.120. The number of anilines is 7. The van der Waals surface area contributed by atoms with Crippen LogP contribution in [0.4, 0.5) is 39.1 Å². The van der Waals surface area contributed by atoms with Crippen LogP contribution in [0.1, 0.15) is 97.8 Å². The summed E-state index contributed by atoms with van der Waals surface area (Å²) in [5, 5.41) is 2.66. The van der Waals surface area contributed by atoms with Crippen LogP contribution in [-0.4, -0.2) is 12.4 Å². The minimum Gasteiger partial charge on any atom is -0.400 e. The lowest BCUT2D eigenvalue weighted by Crippen LogP contribution is -2.70. The van der Waals surface area contributed by atoms with E-state index >= 15 is 0 Å². The normalized spacial score (nSPS) is 18.2. The van der Waals surface area contributed by atoms with E-state index in [0.717, 1.165) is 23.5 Å². The van der Waals surface area contributed by atoms with E-state index in [-0.39, 0.29) is 28.6 Å². The van der Waals surface area contributed by atoms with Gasteiger partial charge in [-0.05, 0) is 158 Å². The molecule has 3 nitrogen and oxygen atoms in total. The Morgan fingerprint density at radius 1 is 0.468 bits per heavy atom. The smallest absolute Gasteiger partial charge is 0.330 e. The van der Waals surface area contributed by atoms with Gasteiger partial charge in [-0.15, -0.1) is 11.3 Å². The summed E-state index contributed by atoms with van der Waals surface area (Å²) in [6.07, 6.45) is 4.80. The number of thiophene rings is 1. The molecule has 0 amide bonds. The highest BCUT2D eigenvalue weighted by molar-refractivity contribution is 7.26. The molecule has 4 aliphatic rings. The van der Waals surface area contributed by atoms with E-state index in [1.165, 1.54) is 124 Å². The maximum Gasteiger partial charge on any atom is 0.330 e. The molecule has 77 heavy (non-hydrogen) atoms. The number of fused-ring (bicyclic) bond motifs is 9. The molecule has 1 fully saturated rings. The lowest BCUT2D eigenvalue weighted by Gasteiger charge is -2.55. The molecule has 10 aromatic rings. The average molecular weight is 1020 g/mol. The van der Waals surface area contributed by atoms with E-state index in [1.807, 2.05) is 11.3 Å². The van der Waals surface area contributed by atoms with Gasteiger partial charge < -0.3 is 14.6 Å². The Labute approximate surface area is 460 Å². The van der Waals surface area contributed by atoms with Gasteiger partial charge in [0.05, 0.1) is 10.7 Å². The first-order valence-corrected chi connectivity index (χ1v) is 28.8. The van der Waals surface area contributed by atoms with E-state index < -0.39 is 0 Å². The molecule has 4 heterocycles. The molecule has 0 bridgehead atoms. The zero-order valence-electron chi connectivity index (χ0n) is 45.8. The van der Waals surface area contributed by atoms with Crippen LogP contribution in [0, 0.1) is 0 Å². The van der Waals surface area contributed by atoms with Crippen molar-refractivity contribution in [3.63, 3.8) is 0 Å². The Hall–Kier alpha value is -7.60. The molecule has 0 radical (unpaired) electrons. The van der Waals surface area contributed by atoms with E-state index in [0.29, 0.717) is 0 Å². The Kier molecular flexibility index (Phi) is 10.8. The van der Waals surface area contributed by atoms with Crippen molar-refractivity contribution >= 4 is 78.3 Å². The lowest BCUT2D eigenvalue weighted by atomic mass is 9.42. The van der Waals surface area contributed by atoms with Crippen LogP contribution >= 0.6 is 11.3 Å². The highest BCUT2D eigenvalue weighted by Crippen LogP contribution is 2.64. The molecule has 0 spiro atoms. The third kappa shape index (κ3) is 7.36. The number of hydrogen-bond acceptors (Lipinski definition) is 4. The van der Waals surface area contributed by atoms with Gasteiger partial charge in [-0.25, -0.2) is 0 Å². The highest BCUT2D eigenvalue weighted by atomic mass is 32.1. The van der Waals surface area contributed by atoms with Gasteiger partial charge in [0.2, 0.25) is 0 Å². The van der Waals surface area contributed by atoms with Crippen molar-refractivity contribution in [3.8, 4) is 44.5 Å². The summed E-state index contributed by atoms with van der Waals surface area (Å²) in [6.45, 7) is 19.5. The molecule has 1 aliphatic carbocycles. The topological polar surface area (TPSA) is 9.72 Å². The molecule has 5 heteroatoms. The van der Waals surface area contributed by atoms with Gasteiger partial charge in [0.15, 0.2) is 0 Å². The predicted octanol–water partition coefficient (Wildman–Crippen LogP) is 18.9. The van der Waals surface area contributed by atoms with Crippen LogP contribution in [0.5, 0.6) is 0 Å². The van der Waals surface area contributed by atoms with Crippen LogP contribution in [0.3, 0.4) is 0 Å². The van der Waals surface area contributed by atoms with Gasteiger partial charge in [0.1, 0.15) is 0 Å². The second-order valence-corrected chi connectivity index (χ2v) is 25.9. The molecule has 3 aliphatic heterocycles. The minimum absolute atomic E-state index is 0.0154. The standard InChI is InChI=1S/C72H66BN3S/c1-69(2,3)52-36-37-62(58(42-52)49-28-16-11-17-29-49)75-63-46-56(74(54-32-22-30-50(40-54)47-24-12-9-13-25-47)55-33-23-31-51(41-55)48-26-14-10-15-27-48)45-59-60-43-53(70(4,5)6)44-61-67(60)76(72(8)39-21-20-38-71(61,72)7)73(65(59)63)66-57-34-18-19-35-64(57)77-68(66)75/h9-19,22-37,40-46H,20-21,38-39H2,1-8H3. The summed E-state index contributed by atoms with van der Waals surface area (Å²) in [4.78, 5) is 8.27. The van der Waals surface area contributed by atoms with Crippen molar-refractivity contribution in [1.82, 2.24) is 0 Å². The highest BCUT2D eigenvalue weighted by Gasteiger charge is 2.63. The van der Waals surface area contributed by atoms with E-state index in [1.54, 1.807) is 0 Å². The fourth-order valence-corrected chi connectivity index (χ4v) is 15.3. The summed E-state index contributed by atoms with van der Waals surface area (Å²) in [7, 11) is 0. The molecule has 378 valence electrons. The second kappa shape index (κ2) is 17.5. The number of benzene rings is 9. The van der Waals surface area contributed by atoms with Gasteiger partial charge in [-0.1, -0.05) is 207 Å². The monoisotopic (exact) mass is 1020 g/mol. The molecule has 0 saturated heterocycles. The first-order valence-electron chi connectivity index (χ1n) is 28.0. The summed E-state index contributed by atoms with van der Waals surface area (Å²) >= 11 is 1.96. The average Bonchev–Trinajstić information content (AvgIpc) is 4.02. The predicted molar refractivity (Wildman–Crippen MR) is 332 cm³/mol. The Balaban J connectivity index is 1.14. The second-order valence-electron chi connectivity index (χ2n) is 24.9. The molecule has 1 saturated carbocycles. The first kappa shape index (κ1) is 47.8. The van der Waals surface area contributed by atoms with E-state index in [2.05, 4.69) is 276 Å². The zero-order valence-corrected chi connectivity index (χ0v) is 46.6. The maximum atomic E-state index is 3.01. The zero-order chi connectivity index (χ0) is 52.6. The molecule has 1 aromatic heterocycles. The van der Waals surface area contributed by atoms with Crippen LogP contribution in [0.2, 0.25) is 0 Å². The Morgan fingerprint density at radius 2 is 1.04 bits per heavy atom. The van der Waals surface area contributed by atoms with Gasteiger partial charge in [0.25, 0.3) is 0 Å². The third-order valence-electron chi connectivity index (χ3n) is 18.3. The van der Waals surface area contributed by atoms with Crippen LogP contribution in [0.15, 0.2) is 206 Å². The van der Waals surface area contributed by atoms with Crippen molar-refractivity contribution in [1.29, 1.82) is 0 Å². The van der Waals surface area contributed by atoms with Gasteiger partial charge in [0, 0.05) is 55.2 Å². The molecule has 0 N–H and O–H groups in total. The maximum absolute atomic E-state index is 3.01. The quantitative estimate of drug-likeness (QED) is 0.147. The number of nitrogens with zero attached hydrogens (tertiary/aromatic N) is 3. The summed E-state index contributed by atoms with van der Waals surface area (Å²) in [5.41, 5.74) is 24.0. The van der Waals surface area contributed by atoms with Gasteiger partial charge in [-0.3, -0.25) is 0 Å². The fraction of sp³-hybridized carbons (Fsp3) is 0.222. The van der Waals surface area contributed by atoms with Gasteiger partial charge >= 0.3 is 6.85 Å². The Bertz CT molecular complexity index is 3880. The molecule has 2 atom stereocenters. The third-order valence-corrected chi connectivity index (χ3v) is 19.5. The number of hydrogen-bond donors (Lipinski definition) is 0. The molecular formula is C72H66BN3S. The Morgan fingerprint density at radius 3 is 1.68 bits per heavy atom. The molecule has 9 aromatic carbocycles. The van der Waals surface area contributed by atoms with Crippen LogP contribution in [-0.2, 0) is 16.2 Å². The summed E-state index contributed by atoms with van der Waals surface area (Å²) < 4.78 is 1.33. The first-order chi connectivity index (χ1) is 37.2. The van der Waals surface area contributed by atoms with Gasteiger partial charge in [-0.2, -0.15) is 0 Å². The van der Waals surface area contributed by atoms with Crippen molar-refractivity contribution < 1.29 is 0 Å². The molecule has 2 unspecified atom stereocenters. The van der Waals surface area contributed by atoms with Crippen molar-refractivity contribution in [3.05, 3.63) is 223 Å². The van der Waals surface area contributed by atoms with Crippen molar-refractivity contribution in [2.45, 2.75) is 103 Å². The van der Waals surface area contributed by atoms with E-state index in [4.69, 9.17) is 0 Å². The van der Waals surface area contributed by atoms with Crippen LogP contribution in [0.25, 0.3) is 54.6 Å². The molecule has 14 rings (SSSR count). The SMILES string of the molecule is CC(C)(C)c1ccc(N2c3cc(N(c4cccc(-c5ccccc5)c4)c4cccc(-c5ccccc5)c4)cc4c3B(c3c2sc2ccccc32)N2c3c-4cc(C(C)(C)C)cc3C3(C)CCCCC23C)c(-c2ccccc2)c1.